The van der Waals surface area contributed by atoms with Crippen LogP contribution in [0.3, 0.4) is 0 Å². The van der Waals surface area contributed by atoms with Gasteiger partial charge in [-0.25, -0.2) is 0 Å². The molecule has 3 N–H and O–H groups in total. The van der Waals surface area contributed by atoms with Gasteiger partial charge in [0, 0.05) is 11.3 Å². The molecule has 0 bridgehead atoms. The fourth-order valence-corrected chi connectivity index (χ4v) is 2.12. The number of H-pyrrole nitrogens is 1. The maximum Gasteiger partial charge on any atom is 0.153 e. The number of aryl methyl sites for hydroxylation is 2. The molecular weight excluding hydrogens is 226 g/mol. The van der Waals surface area contributed by atoms with E-state index >= 15 is 0 Å². The van der Waals surface area contributed by atoms with E-state index in [2.05, 4.69) is 23.2 Å². The highest BCUT2D eigenvalue weighted by Gasteiger charge is 2.13. The summed E-state index contributed by atoms with van der Waals surface area (Å²) < 4.78 is 5.35. The van der Waals surface area contributed by atoms with E-state index in [0.717, 1.165) is 41.0 Å². The number of nitrogen functional groups attached to an aromatic ring is 1. The topological polar surface area (TPSA) is 63.9 Å². The maximum atomic E-state index is 5.95. The molecular formula is C14H19N3O. The second kappa shape index (κ2) is 5.12. The summed E-state index contributed by atoms with van der Waals surface area (Å²) >= 11 is 0. The van der Waals surface area contributed by atoms with Crippen molar-refractivity contribution in [3.63, 3.8) is 0 Å². The molecule has 1 aromatic heterocycles. The highest BCUT2D eigenvalue weighted by Crippen LogP contribution is 2.32. The van der Waals surface area contributed by atoms with Crippen LogP contribution in [0.25, 0.3) is 11.1 Å². The van der Waals surface area contributed by atoms with Crippen molar-refractivity contribution < 1.29 is 4.74 Å². The van der Waals surface area contributed by atoms with Crippen LogP contribution >= 0.6 is 0 Å². The summed E-state index contributed by atoms with van der Waals surface area (Å²) in [5.74, 6) is 1.42. The SMILES string of the molecule is CCCc1[nH]nc(N)c1-c1ccc(C)c(OC)c1. The Hall–Kier alpha value is -1.97. The van der Waals surface area contributed by atoms with Crippen LogP contribution in [0.15, 0.2) is 18.2 Å². The van der Waals surface area contributed by atoms with Crippen molar-refractivity contribution in [1.82, 2.24) is 10.2 Å². The molecule has 0 saturated carbocycles. The van der Waals surface area contributed by atoms with Crippen LogP contribution in [-0.2, 0) is 6.42 Å². The largest absolute Gasteiger partial charge is 0.496 e. The zero-order valence-electron chi connectivity index (χ0n) is 11.1. The molecule has 96 valence electrons. The van der Waals surface area contributed by atoms with E-state index in [1.807, 2.05) is 19.1 Å². The lowest BCUT2D eigenvalue weighted by atomic mass is 10.0. The monoisotopic (exact) mass is 245 g/mol. The summed E-state index contributed by atoms with van der Waals surface area (Å²) in [4.78, 5) is 0. The molecule has 0 fully saturated rings. The van der Waals surface area contributed by atoms with E-state index in [1.54, 1.807) is 7.11 Å². The van der Waals surface area contributed by atoms with Crippen molar-refractivity contribution >= 4 is 5.82 Å². The number of aromatic amines is 1. The molecule has 0 aliphatic rings. The minimum absolute atomic E-state index is 0.546. The molecule has 1 aromatic carbocycles. The van der Waals surface area contributed by atoms with Gasteiger partial charge in [-0.3, -0.25) is 5.10 Å². The average Bonchev–Trinajstić information content (AvgIpc) is 2.72. The molecule has 1 heterocycles. The Morgan fingerprint density at radius 3 is 2.83 bits per heavy atom. The van der Waals surface area contributed by atoms with E-state index in [-0.39, 0.29) is 0 Å². The number of aromatic nitrogens is 2. The molecule has 4 heteroatoms. The highest BCUT2D eigenvalue weighted by atomic mass is 16.5. The fourth-order valence-electron chi connectivity index (χ4n) is 2.12. The molecule has 18 heavy (non-hydrogen) atoms. The first-order valence-electron chi connectivity index (χ1n) is 6.15. The number of nitrogens with zero attached hydrogens (tertiary/aromatic N) is 1. The van der Waals surface area contributed by atoms with Gasteiger partial charge < -0.3 is 10.5 Å². The number of anilines is 1. The number of rotatable bonds is 4. The van der Waals surface area contributed by atoms with Crippen molar-refractivity contribution in [3.05, 3.63) is 29.5 Å². The van der Waals surface area contributed by atoms with Gasteiger partial charge in [-0.1, -0.05) is 25.5 Å². The van der Waals surface area contributed by atoms with Gasteiger partial charge in [0.15, 0.2) is 5.82 Å². The summed E-state index contributed by atoms with van der Waals surface area (Å²) in [6.07, 6.45) is 1.99. The quantitative estimate of drug-likeness (QED) is 0.870. The molecule has 0 spiro atoms. The number of hydrogen-bond acceptors (Lipinski definition) is 3. The first-order valence-corrected chi connectivity index (χ1v) is 6.15. The van der Waals surface area contributed by atoms with Crippen molar-refractivity contribution in [2.24, 2.45) is 0 Å². The molecule has 0 aliphatic heterocycles. The molecule has 0 saturated heterocycles. The summed E-state index contributed by atoms with van der Waals surface area (Å²) in [6, 6.07) is 6.10. The van der Waals surface area contributed by atoms with Crippen molar-refractivity contribution in [3.8, 4) is 16.9 Å². The molecule has 2 aromatic rings. The number of methoxy groups -OCH3 is 1. The summed E-state index contributed by atoms with van der Waals surface area (Å²) in [6.45, 7) is 4.16. The summed E-state index contributed by atoms with van der Waals surface area (Å²) in [5, 5.41) is 7.11. The van der Waals surface area contributed by atoms with Gasteiger partial charge >= 0.3 is 0 Å². The molecule has 4 nitrogen and oxygen atoms in total. The average molecular weight is 245 g/mol. The van der Waals surface area contributed by atoms with Gasteiger partial charge in [0.1, 0.15) is 5.75 Å². The fraction of sp³-hybridized carbons (Fsp3) is 0.357. The summed E-state index contributed by atoms with van der Waals surface area (Å²) in [5.41, 5.74) is 10.2. The van der Waals surface area contributed by atoms with E-state index in [0.29, 0.717) is 5.82 Å². The van der Waals surface area contributed by atoms with Gasteiger partial charge in [-0.15, -0.1) is 0 Å². The predicted octanol–water partition coefficient (Wildman–Crippen LogP) is 2.93. The third-order valence-electron chi connectivity index (χ3n) is 3.07. The van der Waals surface area contributed by atoms with Crippen LogP contribution in [0.1, 0.15) is 24.6 Å². The lowest BCUT2D eigenvalue weighted by Crippen LogP contribution is -1.93. The van der Waals surface area contributed by atoms with Crippen LogP contribution in [-0.4, -0.2) is 17.3 Å². The number of nitrogens with one attached hydrogen (secondary N) is 1. The van der Waals surface area contributed by atoms with Gasteiger partial charge in [0.25, 0.3) is 0 Å². The Morgan fingerprint density at radius 2 is 2.17 bits per heavy atom. The number of nitrogens with two attached hydrogens (primary N) is 1. The van der Waals surface area contributed by atoms with Crippen LogP contribution in [0.5, 0.6) is 5.75 Å². The molecule has 0 radical (unpaired) electrons. The lowest BCUT2D eigenvalue weighted by Gasteiger charge is -2.08. The second-order valence-electron chi connectivity index (χ2n) is 4.40. The smallest absolute Gasteiger partial charge is 0.153 e. The standard InChI is InChI=1S/C14H19N3O/c1-4-5-11-13(14(15)17-16-11)10-7-6-9(2)12(8-10)18-3/h6-8H,4-5H2,1-3H3,(H3,15,16,17). The third kappa shape index (κ3) is 2.18. The zero-order chi connectivity index (χ0) is 13.1. The van der Waals surface area contributed by atoms with Gasteiger partial charge in [-0.2, -0.15) is 5.10 Å². The Labute approximate surface area is 107 Å². The molecule has 2 rings (SSSR count). The van der Waals surface area contributed by atoms with Crippen molar-refractivity contribution in [2.45, 2.75) is 26.7 Å². The van der Waals surface area contributed by atoms with E-state index in [4.69, 9.17) is 10.5 Å². The number of ether oxygens (including phenoxy) is 1. The molecule has 0 atom stereocenters. The molecule has 0 aliphatic carbocycles. The third-order valence-corrected chi connectivity index (χ3v) is 3.07. The summed E-state index contributed by atoms with van der Waals surface area (Å²) in [7, 11) is 1.68. The molecule has 0 amide bonds. The lowest BCUT2D eigenvalue weighted by molar-refractivity contribution is 0.412. The Kier molecular flexibility index (Phi) is 3.55. The van der Waals surface area contributed by atoms with Gasteiger partial charge in [0.05, 0.1) is 7.11 Å². The normalized spacial score (nSPS) is 10.6. The highest BCUT2D eigenvalue weighted by molar-refractivity contribution is 5.77. The van der Waals surface area contributed by atoms with Gasteiger partial charge in [0.2, 0.25) is 0 Å². The van der Waals surface area contributed by atoms with E-state index in [1.165, 1.54) is 0 Å². The van der Waals surface area contributed by atoms with Gasteiger partial charge in [-0.05, 0) is 30.5 Å². The van der Waals surface area contributed by atoms with Crippen LogP contribution in [0.2, 0.25) is 0 Å². The Bertz CT molecular complexity index is 546. The zero-order valence-corrected chi connectivity index (χ0v) is 11.1. The minimum atomic E-state index is 0.546. The number of hydrogen-bond donors (Lipinski definition) is 2. The van der Waals surface area contributed by atoms with Crippen LogP contribution in [0.4, 0.5) is 5.82 Å². The maximum absolute atomic E-state index is 5.95. The number of benzene rings is 1. The Balaban J connectivity index is 2.51. The van der Waals surface area contributed by atoms with Crippen LogP contribution < -0.4 is 10.5 Å². The molecule has 0 unspecified atom stereocenters. The Morgan fingerprint density at radius 1 is 1.39 bits per heavy atom. The van der Waals surface area contributed by atoms with Crippen LogP contribution in [0, 0.1) is 6.92 Å². The van der Waals surface area contributed by atoms with E-state index < -0.39 is 0 Å². The second-order valence-corrected chi connectivity index (χ2v) is 4.40. The first kappa shape index (κ1) is 12.5. The van der Waals surface area contributed by atoms with Crippen molar-refractivity contribution in [2.75, 3.05) is 12.8 Å². The predicted molar refractivity (Wildman–Crippen MR) is 73.7 cm³/mol. The van der Waals surface area contributed by atoms with E-state index in [9.17, 15) is 0 Å². The van der Waals surface area contributed by atoms with Crippen molar-refractivity contribution in [1.29, 1.82) is 0 Å². The first-order chi connectivity index (χ1) is 8.67. The minimum Gasteiger partial charge on any atom is -0.496 e.